The van der Waals surface area contributed by atoms with E-state index in [0.717, 1.165) is 4.57 Å². The summed E-state index contributed by atoms with van der Waals surface area (Å²) in [5, 5.41) is 5.56. The van der Waals surface area contributed by atoms with Crippen molar-refractivity contribution in [3.63, 3.8) is 0 Å². The Bertz CT molecular complexity index is 1310. The van der Waals surface area contributed by atoms with E-state index in [0.29, 0.717) is 17.1 Å². The van der Waals surface area contributed by atoms with Crippen LogP contribution in [-0.2, 0) is 18.9 Å². The number of pyridine rings is 1. The highest BCUT2D eigenvalue weighted by molar-refractivity contribution is 6.06. The van der Waals surface area contributed by atoms with E-state index in [2.05, 4.69) is 15.6 Å². The van der Waals surface area contributed by atoms with Crippen LogP contribution < -0.4 is 26.6 Å². The van der Waals surface area contributed by atoms with Gasteiger partial charge in [-0.25, -0.2) is 9.78 Å². The summed E-state index contributed by atoms with van der Waals surface area (Å²) in [4.78, 5) is 52.9. The zero-order valence-electron chi connectivity index (χ0n) is 15.8. The molecule has 0 saturated carbocycles. The van der Waals surface area contributed by atoms with Crippen molar-refractivity contribution in [2.75, 3.05) is 10.6 Å². The number of aryl methyl sites for hydroxylation is 1. The zero-order valence-corrected chi connectivity index (χ0v) is 15.8. The summed E-state index contributed by atoms with van der Waals surface area (Å²) >= 11 is 0. The first-order valence-corrected chi connectivity index (χ1v) is 8.75. The number of nitrogens with one attached hydrogen (secondary N) is 2. The minimum atomic E-state index is -0.592. The molecule has 1 atom stereocenters. The molecule has 29 heavy (non-hydrogen) atoms. The van der Waals surface area contributed by atoms with Crippen molar-refractivity contribution in [2.45, 2.75) is 13.0 Å². The van der Waals surface area contributed by atoms with Gasteiger partial charge in [0.1, 0.15) is 11.4 Å². The number of carbonyl (C=O) groups excluding carboxylic acids is 2. The van der Waals surface area contributed by atoms with Gasteiger partial charge in [0.2, 0.25) is 0 Å². The first-order valence-electron chi connectivity index (χ1n) is 8.75. The molecule has 10 heteroatoms. The third-order valence-corrected chi connectivity index (χ3v) is 4.72. The van der Waals surface area contributed by atoms with Crippen LogP contribution in [0, 0.1) is 0 Å². The van der Waals surface area contributed by atoms with Crippen molar-refractivity contribution >= 4 is 34.2 Å². The molecule has 1 aliphatic heterocycles. The van der Waals surface area contributed by atoms with Crippen LogP contribution >= 0.6 is 0 Å². The maximum Gasteiger partial charge on any atom is 0.332 e. The average molecular weight is 395 g/mol. The molecule has 0 saturated heterocycles. The fraction of sp³-hybridized carbons (Fsp3) is 0.211. The number of aromatic nitrogens is 3. The summed E-state index contributed by atoms with van der Waals surface area (Å²) in [7, 11) is 2.86. The Morgan fingerprint density at radius 1 is 1.17 bits per heavy atom. The second-order valence-corrected chi connectivity index (χ2v) is 6.72. The van der Waals surface area contributed by atoms with Gasteiger partial charge in [0, 0.05) is 26.0 Å². The van der Waals surface area contributed by atoms with E-state index < -0.39 is 23.3 Å². The van der Waals surface area contributed by atoms with Gasteiger partial charge in [-0.3, -0.25) is 23.5 Å². The maximum absolute atomic E-state index is 12.6. The number of amides is 2. The highest BCUT2D eigenvalue weighted by Crippen LogP contribution is 2.32. The van der Waals surface area contributed by atoms with Gasteiger partial charge >= 0.3 is 5.69 Å². The summed E-state index contributed by atoms with van der Waals surface area (Å²) < 4.78 is 7.68. The summed E-state index contributed by atoms with van der Waals surface area (Å²) in [6, 6.07) is 6.25. The molecule has 1 aliphatic rings. The third-order valence-electron chi connectivity index (χ3n) is 4.72. The average Bonchev–Trinajstić information content (AvgIpc) is 2.71. The van der Waals surface area contributed by atoms with Crippen molar-refractivity contribution in [1.29, 1.82) is 0 Å². The first kappa shape index (κ1) is 18.4. The van der Waals surface area contributed by atoms with Crippen LogP contribution in [-0.4, -0.2) is 32.0 Å². The number of hydrogen-bond donors (Lipinski definition) is 2. The van der Waals surface area contributed by atoms with E-state index >= 15 is 0 Å². The van der Waals surface area contributed by atoms with Gasteiger partial charge in [-0.1, -0.05) is 0 Å². The molecule has 2 N–H and O–H groups in total. The second kappa shape index (κ2) is 6.59. The molecule has 0 aliphatic carbocycles. The zero-order chi connectivity index (χ0) is 20.9. The maximum atomic E-state index is 12.6. The molecule has 1 aromatic carbocycles. The van der Waals surface area contributed by atoms with Crippen molar-refractivity contribution in [1.82, 2.24) is 14.1 Å². The van der Waals surface area contributed by atoms with Crippen LogP contribution in [0.5, 0.6) is 5.75 Å². The van der Waals surface area contributed by atoms with Gasteiger partial charge in [0.15, 0.2) is 6.10 Å². The molecule has 0 fully saturated rings. The number of ether oxygens (including phenoxy) is 1. The van der Waals surface area contributed by atoms with Crippen molar-refractivity contribution in [2.24, 2.45) is 14.1 Å². The van der Waals surface area contributed by atoms with Gasteiger partial charge in [0.05, 0.1) is 16.6 Å². The molecular formula is C19H17N5O5. The second-order valence-electron chi connectivity index (χ2n) is 6.72. The predicted octanol–water partition coefficient (Wildman–Crippen LogP) is 0.604. The van der Waals surface area contributed by atoms with Gasteiger partial charge in [-0.15, -0.1) is 0 Å². The fourth-order valence-corrected chi connectivity index (χ4v) is 3.08. The van der Waals surface area contributed by atoms with Gasteiger partial charge in [-0.05, 0) is 31.2 Å². The highest BCUT2D eigenvalue weighted by Gasteiger charge is 2.24. The topological polar surface area (TPSA) is 124 Å². The SMILES string of the molecule is CC1Oc2ccc(NC(=O)c3cnc4c(c3)c(=O)n(C)c(=O)n4C)cc2NC1=O. The third kappa shape index (κ3) is 3.04. The standard InChI is InChI=1S/C19H17N5O5/c1-9-16(25)22-13-7-11(4-5-14(13)29-9)21-17(26)10-6-12-15(20-8-10)23(2)19(28)24(3)18(12)27/h4-9H,1-3H3,(H,21,26)(H,22,25). The molecular weight excluding hydrogens is 378 g/mol. The summed E-state index contributed by atoms with van der Waals surface area (Å²) in [6.45, 7) is 1.64. The smallest absolute Gasteiger partial charge is 0.332 e. The Labute approximate surface area is 163 Å². The summed E-state index contributed by atoms with van der Waals surface area (Å²) in [5.41, 5.74) is 0.192. The van der Waals surface area contributed by atoms with E-state index in [4.69, 9.17) is 4.74 Å². The van der Waals surface area contributed by atoms with Crippen molar-refractivity contribution in [3.8, 4) is 5.75 Å². The van der Waals surface area contributed by atoms with Crippen molar-refractivity contribution in [3.05, 3.63) is 56.9 Å². The molecule has 0 radical (unpaired) electrons. The van der Waals surface area contributed by atoms with Crippen LogP contribution in [0.3, 0.4) is 0 Å². The van der Waals surface area contributed by atoms with Gasteiger partial charge in [-0.2, -0.15) is 0 Å². The molecule has 3 heterocycles. The fourth-order valence-electron chi connectivity index (χ4n) is 3.08. The van der Waals surface area contributed by atoms with Crippen LogP contribution in [0.25, 0.3) is 11.0 Å². The molecule has 2 amide bonds. The van der Waals surface area contributed by atoms with Gasteiger partial charge < -0.3 is 15.4 Å². The molecule has 1 unspecified atom stereocenters. The normalized spacial score (nSPS) is 15.4. The number of rotatable bonds is 2. The first-order chi connectivity index (χ1) is 13.8. The summed E-state index contributed by atoms with van der Waals surface area (Å²) in [6.07, 6.45) is 0.701. The Kier molecular flexibility index (Phi) is 4.18. The number of carbonyl (C=O) groups is 2. The monoisotopic (exact) mass is 395 g/mol. The molecule has 0 bridgehead atoms. The minimum Gasteiger partial charge on any atom is -0.479 e. The Morgan fingerprint density at radius 2 is 1.93 bits per heavy atom. The number of benzene rings is 1. The molecule has 10 nitrogen and oxygen atoms in total. The van der Waals surface area contributed by atoms with Gasteiger partial charge in [0.25, 0.3) is 17.4 Å². The Morgan fingerprint density at radius 3 is 2.69 bits per heavy atom. The van der Waals surface area contributed by atoms with E-state index in [-0.39, 0.29) is 22.5 Å². The van der Waals surface area contributed by atoms with E-state index in [1.165, 1.54) is 30.9 Å². The Hall–Kier alpha value is -3.95. The lowest BCUT2D eigenvalue weighted by Gasteiger charge is -2.23. The number of fused-ring (bicyclic) bond motifs is 2. The molecule has 148 valence electrons. The molecule has 3 aromatic rings. The lowest BCUT2D eigenvalue weighted by atomic mass is 10.2. The van der Waals surface area contributed by atoms with E-state index in [1.54, 1.807) is 25.1 Å². The lowest BCUT2D eigenvalue weighted by Crippen LogP contribution is -2.37. The predicted molar refractivity (Wildman–Crippen MR) is 105 cm³/mol. The Balaban J connectivity index is 1.67. The van der Waals surface area contributed by atoms with Crippen LogP contribution in [0.15, 0.2) is 40.1 Å². The minimum absolute atomic E-state index is 0.153. The van der Waals surface area contributed by atoms with E-state index in [1.807, 2.05) is 0 Å². The largest absolute Gasteiger partial charge is 0.479 e. The highest BCUT2D eigenvalue weighted by atomic mass is 16.5. The quantitative estimate of drug-likeness (QED) is 0.655. The number of nitrogens with zero attached hydrogens (tertiary/aromatic N) is 3. The molecule has 0 spiro atoms. The molecule has 2 aromatic heterocycles. The van der Waals surface area contributed by atoms with Crippen LogP contribution in [0.1, 0.15) is 17.3 Å². The number of anilines is 2. The summed E-state index contributed by atoms with van der Waals surface area (Å²) in [5.74, 6) is -0.264. The van der Waals surface area contributed by atoms with Crippen molar-refractivity contribution < 1.29 is 14.3 Å². The van der Waals surface area contributed by atoms with Crippen LogP contribution in [0.4, 0.5) is 11.4 Å². The molecule has 4 rings (SSSR count). The van der Waals surface area contributed by atoms with E-state index in [9.17, 15) is 19.2 Å². The number of hydrogen-bond acceptors (Lipinski definition) is 6. The lowest BCUT2D eigenvalue weighted by molar-refractivity contribution is -0.122. The van der Waals surface area contributed by atoms with Crippen LogP contribution in [0.2, 0.25) is 0 Å².